The van der Waals surface area contributed by atoms with Crippen LogP contribution in [0.5, 0.6) is 0 Å². The van der Waals surface area contributed by atoms with E-state index in [9.17, 15) is 28.8 Å². The molecule has 0 aliphatic heterocycles. The van der Waals surface area contributed by atoms with Crippen LogP contribution in [-0.4, -0.2) is 72.2 Å². The fourth-order valence-corrected chi connectivity index (χ4v) is 8.48. The zero-order valence-corrected chi connectivity index (χ0v) is 28.2. The van der Waals surface area contributed by atoms with Crippen molar-refractivity contribution in [2.75, 3.05) is 26.9 Å². The average molecular weight is 705 g/mol. The highest BCUT2D eigenvalue weighted by atomic mass is 32.1. The van der Waals surface area contributed by atoms with Gasteiger partial charge in [0.15, 0.2) is 11.6 Å². The van der Waals surface area contributed by atoms with Crippen molar-refractivity contribution in [3.05, 3.63) is 86.5 Å². The third-order valence-corrected chi connectivity index (χ3v) is 11.1. The summed E-state index contributed by atoms with van der Waals surface area (Å²) in [6, 6.07) is 6.66. The van der Waals surface area contributed by atoms with Crippen molar-refractivity contribution in [3.63, 3.8) is 0 Å². The number of aliphatic carboxylic acids is 1. The van der Waals surface area contributed by atoms with E-state index >= 15 is 0 Å². The van der Waals surface area contributed by atoms with E-state index in [0.29, 0.717) is 53.2 Å². The summed E-state index contributed by atoms with van der Waals surface area (Å²) in [4.78, 5) is 74.7. The van der Waals surface area contributed by atoms with Gasteiger partial charge in [-0.2, -0.15) is 0 Å². The molecule has 2 unspecified atom stereocenters. The Morgan fingerprint density at radius 3 is 1.54 bits per heavy atom. The van der Waals surface area contributed by atoms with Gasteiger partial charge in [0, 0.05) is 39.1 Å². The summed E-state index contributed by atoms with van der Waals surface area (Å²) in [6.45, 7) is 4.93. The molecule has 2 N–H and O–H groups in total. The maximum absolute atomic E-state index is 12.5. The zero-order chi connectivity index (χ0) is 33.7. The Morgan fingerprint density at radius 1 is 0.696 bits per heavy atom. The molecule has 15 heteroatoms. The van der Waals surface area contributed by atoms with Crippen molar-refractivity contribution in [2.45, 2.75) is 33.0 Å². The number of rotatable bonds is 9. The van der Waals surface area contributed by atoms with Gasteiger partial charge in [-0.15, -0.1) is 45.3 Å². The molecule has 4 aromatic rings. The van der Waals surface area contributed by atoms with Gasteiger partial charge >= 0.3 is 11.9 Å². The Balaban J connectivity index is 0.000000199. The van der Waals surface area contributed by atoms with Gasteiger partial charge in [-0.25, -0.2) is 9.59 Å². The van der Waals surface area contributed by atoms with Crippen LogP contribution >= 0.6 is 45.3 Å². The minimum Gasteiger partial charge on any atom is -0.480 e. The standard InChI is InChI=1S/C16H14O5S2.C14H10O5S2.CH4O/c1-3-20-12(17)7-21-8(2)11-6-10-13(18)9-4-5-22-15(9)14(19)16(10)23-11;1-6(19-5-10(15)16)9-4-8-11(17)7-2-3-20-13(7)12(18)14(8)21-9;1-2/h4-6,8H,3,7H2,1-2H3;2-4,6H,5H2,1H3,(H,15,16);2H,1H3. The number of hydrogen-bond acceptors (Lipinski definition) is 14. The first kappa shape index (κ1) is 35.2. The number of hydrogen-bond donors (Lipinski definition) is 2. The van der Waals surface area contributed by atoms with E-state index in [1.165, 1.54) is 45.3 Å². The first-order valence-electron chi connectivity index (χ1n) is 13.7. The van der Waals surface area contributed by atoms with Crippen LogP contribution in [0.1, 0.15) is 104 Å². The van der Waals surface area contributed by atoms with Crippen LogP contribution in [0.15, 0.2) is 35.0 Å². The molecule has 11 nitrogen and oxygen atoms in total. The fourth-order valence-electron chi connectivity index (χ4n) is 4.48. The summed E-state index contributed by atoms with van der Waals surface area (Å²) < 4.78 is 15.5. The molecule has 2 atom stereocenters. The van der Waals surface area contributed by atoms with E-state index in [2.05, 4.69) is 0 Å². The highest BCUT2D eigenvalue weighted by molar-refractivity contribution is 7.18. The van der Waals surface area contributed by atoms with E-state index in [1.807, 2.05) is 0 Å². The van der Waals surface area contributed by atoms with E-state index in [0.717, 1.165) is 12.0 Å². The van der Waals surface area contributed by atoms with Gasteiger partial charge in [-0.05, 0) is 55.8 Å². The van der Waals surface area contributed by atoms with Crippen LogP contribution in [0.4, 0.5) is 0 Å². The molecule has 0 saturated heterocycles. The maximum Gasteiger partial charge on any atom is 0.332 e. The van der Waals surface area contributed by atoms with Crippen molar-refractivity contribution >= 4 is 80.4 Å². The van der Waals surface area contributed by atoms with Gasteiger partial charge in [-0.1, -0.05) is 0 Å². The third-order valence-electron chi connectivity index (χ3n) is 6.65. The Bertz CT molecular complexity index is 1710. The van der Waals surface area contributed by atoms with Crippen LogP contribution in [0.25, 0.3) is 0 Å². The van der Waals surface area contributed by atoms with Gasteiger partial charge in [0.25, 0.3) is 0 Å². The summed E-state index contributed by atoms with van der Waals surface area (Å²) >= 11 is 4.98. The highest BCUT2D eigenvalue weighted by Crippen LogP contribution is 2.39. The Kier molecular flexibility index (Phi) is 11.7. The van der Waals surface area contributed by atoms with E-state index in [-0.39, 0.29) is 29.7 Å². The second-order valence-electron chi connectivity index (χ2n) is 9.53. The zero-order valence-electron chi connectivity index (χ0n) is 24.9. The lowest BCUT2D eigenvalue weighted by molar-refractivity contribution is -0.150. The molecule has 242 valence electrons. The summed E-state index contributed by atoms with van der Waals surface area (Å²) in [7, 11) is 1.00. The number of ketones is 4. The summed E-state index contributed by atoms with van der Waals surface area (Å²) in [5.74, 6) is -2.04. The predicted molar refractivity (Wildman–Crippen MR) is 172 cm³/mol. The van der Waals surface area contributed by atoms with Gasteiger partial charge in [0.2, 0.25) is 11.6 Å². The number of carbonyl (C=O) groups is 6. The normalized spacial score (nSPS) is 14.0. The number of carboxylic acids is 1. The molecular formula is C31H28O11S4. The Hall–Kier alpha value is -3.70. The topological polar surface area (TPSA) is 171 Å². The minimum absolute atomic E-state index is 0.113. The number of ether oxygens (including phenoxy) is 3. The van der Waals surface area contributed by atoms with Gasteiger partial charge in [0.1, 0.15) is 13.2 Å². The largest absolute Gasteiger partial charge is 0.480 e. The summed E-state index contributed by atoms with van der Waals surface area (Å²) in [5, 5.41) is 19.1. The Labute approximate surface area is 279 Å². The smallest absolute Gasteiger partial charge is 0.332 e. The lowest BCUT2D eigenvalue weighted by Crippen LogP contribution is -2.15. The first-order valence-corrected chi connectivity index (χ1v) is 17.1. The minimum atomic E-state index is -1.06. The monoisotopic (exact) mass is 704 g/mol. The lowest BCUT2D eigenvalue weighted by atomic mass is 9.95. The number of aliphatic hydroxyl groups is 1. The fraction of sp³-hybridized carbons (Fsp3) is 0.290. The van der Waals surface area contributed by atoms with Gasteiger partial charge in [-0.3, -0.25) is 19.2 Å². The molecule has 0 saturated carbocycles. The molecule has 2 aliphatic rings. The molecule has 4 heterocycles. The van der Waals surface area contributed by atoms with Crippen LogP contribution in [-0.2, 0) is 23.8 Å². The number of carbonyl (C=O) groups excluding carboxylic acids is 5. The van der Waals surface area contributed by atoms with E-state index < -0.39 is 30.8 Å². The maximum atomic E-state index is 12.5. The molecule has 6 rings (SSSR count). The van der Waals surface area contributed by atoms with Crippen LogP contribution in [0, 0.1) is 0 Å². The number of carboxylic acid groups (broad SMARTS) is 1. The van der Waals surface area contributed by atoms with Crippen LogP contribution in [0.3, 0.4) is 0 Å². The lowest BCUT2D eigenvalue weighted by Gasteiger charge is -2.10. The average Bonchev–Trinajstić information content (AvgIpc) is 3.87. The molecule has 0 fully saturated rings. The molecular weight excluding hydrogens is 677 g/mol. The number of esters is 1. The summed E-state index contributed by atoms with van der Waals surface area (Å²) in [5.41, 5.74) is 1.72. The van der Waals surface area contributed by atoms with Gasteiger partial charge in [0.05, 0.1) is 38.3 Å². The van der Waals surface area contributed by atoms with Crippen molar-refractivity contribution in [2.24, 2.45) is 0 Å². The van der Waals surface area contributed by atoms with E-state index in [4.69, 9.17) is 24.4 Å². The number of thiophene rings is 4. The second-order valence-corrected chi connectivity index (χ2v) is 13.5. The molecule has 2 aliphatic carbocycles. The molecule has 0 radical (unpaired) electrons. The van der Waals surface area contributed by atoms with Crippen molar-refractivity contribution in [3.8, 4) is 0 Å². The highest BCUT2D eigenvalue weighted by Gasteiger charge is 2.35. The first-order chi connectivity index (χ1) is 22.0. The molecule has 0 spiro atoms. The second kappa shape index (κ2) is 15.3. The molecule has 46 heavy (non-hydrogen) atoms. The number of fused-ring (bicyclic) bond motifs is 4. The van der Waals surface area contributed by atoms with Crippen LogP contribution < -0.4 is 0 Å². The van der Waals surface area contributed by atoms with Crippen molar-refractivity contribution < 1.29 is 53.2 Å². The molecule has 0 aromatic carbocycles. The molecule has 0 amide bonds. The molecule has 0 bridgehead atoms. The van der Waals surface area contributed by atoms with Crippen molar-refractivity contribution in [1.29, 1.82) is 0 Å². The van der Waals surface area contributed by atoms with Crippen molar-refractivity contribution in [1.82, 2.24) is 0 Å². The molecule has 4 aromatic heterocycles. The van der Waals surface area contributed by atoms with Crippen LogP contribution in [0.2, 0.25) is 0 Å². The quantitative estimate of drug-likeness (QED) is 0.180. The third kappa shape index (κ3) is 7.15. The Morgan fingerprint density at radius 2 is 1.13 bits per heavy atom. The summed E-state index contributed by atoms with van der Waals surface area (Å²) in [6.07, 6.45) is -0.871. The number of aliphatic hydroxyl groups excluding tert-OH is 1. The van der Waals surface area contributed by atoms with Gasteiger partial charge < -0.3 is 24.4 Å². The predicted octanol–water partition coefficient (Wildman–Crippen LogP) is 5.58. The van der Waals surface area contributed by atoms with E-state index in [1.54, 1.807) is 55.8 Å². The SMILES string of the molecule is CC(OCC(=O)O)c1cc2c(s1)C(=O)c1sccc1C2=O.CCOC(=O)COC(C)c1cc2c(s1)C(=O)c1sccc1C2=O.CO.